The van der Waals surface area contributed by atoms with Crippen LogP contribution in [0.4, 0.5) is 18.0 Å². The summed E-state index contributed by atoms with van der Waals surface area (Å²) in [6.07, 6.45) is -3.08. The van der Waals surface area contributed by atoms with E-state index in [-0.39, 0.29) is 23.0 Å². The minimum Gasteiger partial charge on any atom is -0.465 e. The van der Waals surface area contributed by atoms with Crippen molar-refractivity contribution in [1.82, 2.24) is 20.1 Å². The third kappa shape index (κ3) is 3.32. The average Bonchev–Trinajstić information content (AvgIpc) is 3.04. The van der Waals surface area contributed by atoms with Crippen LogP contribution in [0.25, 0.3) is 10.6 Å². The first kappa shape index (κ1) is 16.6. The van der Waals surface area contributed by atoms with E-state index in [2.05, 4.69) is 15.2 Å². The summed E-state index contributed by atoms with van der Waals surface area (Å²) >= 11 is 1.05. The maximum atomic E-state index is 13.1. The molecular weight excluding hydrogens is 345 g/mol. The molecule has 1 aliphatic heterocycles. The first-order valence-corrected chi connectivity index (χ1v) is 8.02. The summed E-state index contributed by atoms with van der Waals surface area (Å²) < 4.78 is 39.2. The van der Waals surface area contributed by atoms with Crippen LogP contribution in [0.2, 0.25) is 0 Å². The van der Waals surface area contributed by atoms with Crippen molar-refractivity contribution in [2.75, 3.05) is 13.1 Å². The van der Waals surface area contributed by atoms with E-state index in [4.69, 9.17) is 5.11 Å². The summed E-state index contributed by atoms with van der Waals surface area (Å²) in [5, 5.41) is 17.6. The number of hydrogen-bond donors (Lipinski definition) is 1. The van der Waals surface area contributed by atoms with Gasteiger partial charge in [-0.05, 0) is 25.0 Å². The molecule has 1 amide bonds. The van der Waals surface area contributed by atoms with Gasteiger partial charge in [-0.1, -0.05) is 11.3 Å². The van der Waals surface area contributed by atoms with Gasteiger partial charge in [0.25, 0.3) is 0 Å². The Morgan fingerprint density at radius 2 is 2.17 bits per heavy atom. The van der Waals surface area contributed by atoms with E-state index in [1.54, 1.807) is 0 Å². The second-order valence-electron chi connectivity index (χ2n) is 5.41. The van der Waals surface area contributed by atoms with Gasteiger partial charge in [-0.2, -0.15) is 13.2 Å². The van der Waals surface area contributed by atoms with Crippen molar-refractivity contribution in [1.29, 1.82) is 0 Å². The van der Waals surface area contributed by atoms with Crippen LogP contribution in [-0.4, -0.2) is 44.4 Å². The number of aromatic nitrogens is 3. The van der Waals surface area contributed by atoms with E-state index in [0.717, 1.165) is 24.0 Å². The molecular formula is C14H13F3N4O2S. The largest absolute Gasteiger partial charge is 0.465 e. The van der Waals surface area contributed by atoms with Crippen molar-refractivity contribution in [2.24, 2.45) is 0 Å². The molecule has 0 saturated carbocycles. The monoisotopic (exact) mass is 358 g/mol. The minimum atomic E-state index is -4.58. The van der Waals surface area contributed by atoms with Crippen LogP contribution in [0.5, 0.6) is 0 Å². The van der Waals surface area contributed by atoms with Crippen molar-refractivity contribution in [2.45, 2.75) is 24.9 Å². The Bertz CT molecular complexity index is 750. The Morgan fingerprint density at radius 1 is 1.38 bits per heavy atom. The molecule has 2 aromatic rings. The van der Waals surface area contributed by atoms with Gasteiger partial charge >= 0.3 is 12.3 Å². The van der Waals surface area contributed by atoms with Crippen molar-refractivity contribution < 1.29 is 23.1 Å². The molecule has 10 heteroatoms. The number of likely N-dealkylation sites (tertiary alicyclic amines) is 1. The maximum absolute atomic E-state index is 13.1. The summed E-state index contributed by atoms with van der Waals surface area (Å²) in [6, 6.07) is 2.73. The lowest BCUT2D eigenvalue weighted by Crippen LogP contribution is -2.38. The highest BCUT2D eigenvalue weighted by Crippen LogP contribution is 2.38. The standard InChI is InChI=1S/C14H13F3N4O2S/c15-14(16,17)10-9(4-1-5-18-10)12-20-19-11(24-12)8-3-2-6-21(7-8)13(22)23/h1,4-5,8H,2-3,6-7H2,(H,22,23). The van der Waals surface area contributed by atoms with E-state index in [1.165, 1.54) is 17.0 Å². The van der Waals surface area contributed by atoms with Crippen molar-refractivity contribution in [3.05, 3.63) is 29.0 Å². The van der Waals surface area contributed by atoms with Gasteiger partial charge < -0.3 is 10.0 Å². The van der Waals surface area contributed by atoms with Gasteiger partial charge in [0.1, 0.15) is 10.0 Å². The summed E-state index contributed by atoms with van der Waals surface area (Å²) in [6.45, 7) is 0.738. The second kappa shape index (κ2) is 6.34. The van der Waals surface area contributed by atoms with Crippen LogP contribution in [0.3, 0.4) is 0 Å². The summed E-state index contributed by atoms with van der Waals surface area (Å²) in [5.41, 5.74) is -1.11. The molecule has 1 saturated heterocycles. The molecule has 0 bridgehead atoms. The third-order valence-electron chi connectivity index (χ3n) is 3.79. The van der Waals surface area contributed by atoms with Gasteiger partial charge in [0.05, 0.1) is 0 Å². The number of piperidine rings is 1. The Morgan fingerprint density at radius 3 is 2.88 bits per heavy atom. The van der Waals surface area contributed by atoms with Gasteiger partial charge in [-0.25, -0.2) is 4.79 Å². The van der Waals surface area contributed by atoms with Crippen LogP contribution in [0, 0.1) is 0 Å². The highest BCUT2D eigenvalue weighted by atomic mass is 32.1. The fourth-order valence-corrected chi connectivity index (χ4v) is 3.66. The molecule has 1 aliphatic rings. The molecule has 3 rings (SSSR count). The normalized spacial score (nSPS) is 18.6. The van der Waals surface area contributed by atoms with Crippen LogP contribution in [0.15, 0.2) is 18.3 Å². The highest BCUT2D eigenvalue weighted by molar-refractivity contribution is 7.14. The van der Waals surface area contributed by atoms with Gasteiger partial charge in [0.15, 0.2) is 5.69 Å². The molecule has 1 atom stereocenters. The van der Waals surface area contributed by atoms with Crippen molar-refractivity contribution in [3.8, 4) is 10.6 Å². The zero-order chi connectivity index (χ0) is 17.3. The predicted molar refractivity (Wildman–Crippen MR) is 79.7 cm³/mol. The molecule has 24 heavy (non-hydrogen) atoms. The Hall–Kier alpha value is -2.23. The number of rotatable bonds is 2. The number of halogens is 3. The van der Waals surface area contributed by atoms with E-state index in [1.807, 2.05) is 0 Å². The Kier molecular flexibility index (Phi) is 4.39. The number of hydrogen-bond acceptors (Lipinski definition) is 5. The first-order chi connectivity index (χ1) is 11.4. The van der Waals surface area contributed by atoms with Crippen LogP contribution in [-0.2, 0) is 6.18 Å². The van der Waals surface area contributed by atoms with Crippen LogP contribution < -0.4 is 0 Å². The Balaban J connectivity index is 1.88. The van der Waals surface area contributed by atoms with Gasteiger partial charge in [-0.3, -0.25) is 4.98 Å². The lowest BCUT2D eigenvalue weighted by atomic mass is 9.99. The number of nitrogens with zero attached hydrogens (tertiary/aromatic N) is 4. The zero-order valence-electron chi connectivity index (χ0n) is 12.3. The van der Waals surface area contributed by atoms with Gasteiger partial charge in [0, 0.05) is 30.8 Å². The first-order valence-electron chi connectivity index (χ1n) is 7.20. The lowest BCUT2D eigenvalue weighted by molar-refractivity contribution is -0.140. The van der Waals surface area contributed by atoms with E-state index >= 15 is 0 Å². The van der Waals surface area contributed by atoms with Crippen LogP contribution >= 0.6 is 11.3 Å². The lowest BCUT2D eigenvalue weighted by Gasteiger charge is -2.29. The molecule has 0 spiro atoms. The zero-order valence-corrected chi connectivity index (χ0v) is 13.1. The third-order valence-corrected chi connectivity index (χ3v) is 4.91. The molecule has 3 heterocycles. The molecule has 0 aromatic carbocycles. The predicted octanol–water partition coefficient (Wildman–Crippen LogP) is 3.48. The SMILES string of the molecule is O=C(O)N1CCCC(c2nnc(-c3cccnc3C(F)(F)F)s2)C1. The fourth-order valence-electron chi connectivity index (χ4n) is 2.66. The Labute approximate surface area is 139 Å². The van der Waals surface area contributed by atoms with Crippen LogP contribution in [0.1, 0.15) is 29.5 Å². The van der Waals surface area contributed by atoms with Gasteiger partial charge in [0.2, 0.25) is 0 Å². The summed E-state index contributed by atoms with van der Waals surface area (Å²) in [5.74, 6) is -0.146. The molecule has 0 aliphatic carbocycles. The second-order valence-corrected chi connectivity index (χ2v) is 6.42. The molecule has 128 valence electrons. The quantitative estimate of drug-likeness (QED) is 0.889. The number of alkyl halides is 3. The van der Waals surface area contributed by atoms with Gasteiger partial charge in [-0.15, -0.1) is 10.2 Å². The molecule has 2 aromatic heterocycles. The van der Waals surface area contributed by atoms with E-state index < -0.39 is 18.0 Å². The number of carbonyl (C=O) groups is 1. The number of carboxylic acid groups (broad SMARTS) is 1. The topological polar surface area (TPSA) is 79.2 Å². The molecule has 1 fully saturated rings. The fraction of sp³-hybridized carbons (Fsp3) is 0.429. The molecule has 1 N–H and O–H groups in total. The van der Waals surface area contributed by atoms with E-state index in [9.17, 15) is 18.0 Å². The average molecular weight is 358 g/mol. The molecule has 1 unspecified atom stereocenters. The maximum Gasteiger partial charge on any atom is 0.434 e. The highest BCUT2D eigenvalue weighted by Gasteiger charge is 2.36. The smallest absolute Gasteiger partial charge is 0.434 e. The summed E-state index contributed by atoms with van der Waals surface area (Å²) in [7, 11) is 0. The van der Waals surface area contributed by atoms with Crippen molar-refractivity contribution in [3.63, 3.8) is 0 Å². The summed E-state index contributed by atoms with van der Waals surface area (Å²) in [4.78, 5) is 15.8. The van der Waals surface area contributed by atoms with Crippen molar-refractivity contribution >= 4 is 17.4 Å². The molecule has 6 nitrogen and oxygen atoms in total. The van der Waals surface area contributed by atoms with E-state index in [0.29, 0.717) is 18.0 Å². The number of pyridine rings is 1. The minimum absolute atomic E-state index is 0.111. The number of amides is 1. The molecule has 0 radical (unpaired) electrons.